The zero-order valence-electron chi connectivity index (χ0n) is 10.8. The molecule has 4 nitrogen and oxygen atoms in total. The molecule has 3 N–H and O–H groups in total. The second-order valence-corrected chi connectivity index (χ2v) is 4.19. The van der Waals surface area contributed by atoms with Crippen LogP contribution in [-0.2, 0) is 6.54 Å². The number of halogens is 1. The van der Waals surface area contributed by atoms with Gasteiger partial charge in [0.25, 0.3) is 0 Å². The summed E-state index contributed by atoms with van der Waals surface area (Å²) in [6, 6.07) is 10.3. The van der Waals surface area contributed by atoms with Crippen molar-refractivity contribution < 1.29 is 4.39 Å². The van der Waals surface area contributed by atoms with Gasteiger partial charge in [0.2, 0.25) is 0 Å². The first-order valence-electron chi connectivity index (χ1n) is 6.15. The summed E-state index contributed by atoms with van der Waals surface area (Å²) in [4.78, 5) is 6.31. The predicted octanol–water partition coefficient (Wildman–Crippen LogP) is 2.53. The number of hydrogen-bond acceptors (Lipinski definition) is 4. The van der Waals surface area contributed by atoms with E-state index in [0.717, 1.165) is 24.3 Å². The molecule has 0 atom stereocenters. The normalized spacial score (nSPS) is 10.3. The van der Waals surface area contributed by atoms with Crippen molar-refractivity contribution in [2.45, 2.75) is 13.5 Å². The van der Waals surface area contributed by atoms with Crippen molar-refractivity contribution in [3.8, 4) is 0 Å². The number of nitrogens with two attached hydrogens (primary N) is 1. The Morgan fingerprint density at radius 3 is 2.47 bits per heavy atom. The molecule has 0 unspecified atom stereocenters. The molecule has 19 heavy (non-hydrogen) atoms. The van der Waals surface area contributed by atoms with E-state index >= 15 is 0 Å². The molecule has 0 saturated heterocycles. The third kappa shape index (κ3) is 3.42. The summed E-state index contributed by atoms with van der Waals surface area (Å²) in [6.07, 6.45) is 1.78. The van der Waals surface area contributed by atoms with Gasteiger partial charge < -0.3 is 10.3 Å². The molecule has 0 aliphatic heterocycles. The van der Waals surface area contributed by atoms with Gasteiger partial charge in [0, 0.05) is 25.0 Å². The molecule has 0 bridgehead atoms. The summed E-state index contributed by atoms with van der Waals surface area (Å²) in [6.45, 7) is 3.62. The molecule has 0 saturated carbocycles. The number of hydrazine groups is 1. The van der Waals surface area contributed by atoms with Crippen LogP contribution >= 0.6 is 0 Å². The minimum Gasteiger partial charge on any atom is -0.367 e. The minimum atomic E-state index is -0.222. The van der Waals surface area contributed by atoms with E-state index in [1.54, 1.807) is 18.3 Å². The van der Waals surface area contributed by atoms with Crippen molar-refractivity contribution >= 4 is 11.5 Å². The molecule has 0 radical (unpaired) electrons. The topological polar surface area (TPSA) is 54.2 Å². The molecule has 5 heteroatoms. The summed E-state index contributed by atoms with van der Waals surface area (Å²) >= 11 is 0. The summed E-state index contributed by atoms with van der Waals surface area (Å²) in [5.74, 6) is 5.68. The Morgan fingerprint density at radius 1 is 1.21 bits per heavy atom. The Labute approximate surface area is 112 Å². The van der Waals surface area contributed by atoms with Crippen LogP contribution < -0.4 is 16.2 Å². The Kier molecular flexibility index (Phi) is 4.30. The van der Waals surface area contributed by atoms with E-state index in [0.29, 0.717) is 5.82 Å². The van der Waals surface area contributed by atoms with Crippen molar-refractivity contribution in [2.24, 2.45) is 5.84 Å². The number of pyridine rings is 1. The standard InChI is InChI=1S/C14H17FN4/c1-2-19(13-6-4-12(15)5-7-13)10-11-3-8-14(18-16)17-9-11/h3-9H,2,10,16H2,1H3,(H,17,18). The monoisotopic (exact) mass is 260 g/mol. The highest BCUT2D eigenvalue weighted by Gasteiger charge is 2.06. The maximum Gasteiger partial charge on any atom is 0.139 e. The molecule has 0 aliphatic rings. The molecule has 0 spiro atoms. The fourth-order valence-corrected chi connectivity index (χ4v) is 1.86. The van der Waals surface area contributed by atoms with Gasteiger partial charge in [-0.15, -0.1) is 0 Å². The second-order valence-electron chi connectivity index (χ2n) is 4.19. The average molecular weight is 260 g/mol. The lowest BCUT2D eigenvalue weighted by atomic mass is 10.2. The third-order valence-corrected chi connectivity index (χ3v) is 2.92. The van der Waals surface area contributed by atoms with Gasteiger partial charge in [0.1, 0.15) is 11.6 Å². The van der Waals surface area contributed by atoms with E-state index in [-0.39, 0.29) is 5.82 Å². The van der Waals surface area contributed by atoms with Crippen molar-refractivity contribution in [3.05, 3.63) is 54.0 Å². The van der Waals surface area contributed by atoms with Crippen LogP contribution in [0.1, 0.15) is 12.5 Å². The Bertz CT molecular complexity index is 510. The minimum absolute atomic E-state index is 0.222. The van der Waals surface area contributed by atoms with Gasteiger partial charge in [-0.25, -0.2) is 15.2 Å². The first-order valence-corrected chi connectivity index (χ1v) is 6.15. The lowest BCUT2D eigenvalue weighted by Gasteiger charge is -2.23. The highest BCUT2D eigenvalue weighted by atomic mass is 19.1. The van der Waals surface area contributed by atoms with Crippen LogP contribution in [0, 0.1) is 5.82 Å². The third-order valence-electron chi connectivity index (χ3n) is 2.92. The average Bonchev–Trinajstić information content (AvgIpc) is 2.46. The van der Waals surface area contributed by atoms with Crippen LogP contribution in [0.5, 0.6) is 0 Å². The van der Waals surface area contributed by atoms with Gasteiger partial charge in [-0.05, 0) is 42.8 Å². The van der Waals surface area contributed by atoms with Crippen molar-refractivity contribution in [3.63, 3.8) is 0 Å². The SMILES string of the molecule is CCN(Cc1ccc(NN)nc1)c1ccc(F)cc1. The maximum absolute atomic E-state index is 12.9. The number of rotatable bonds is 5. The summed E-state index contributed by atoms with van der Waals surface area (Å²) in [7, 11) is 0. The molecule has 1 aromatic heterocycles. The lowest BCUT2D eigenvalue weighted by Crippen LogP contribution is -2.22. The van der Waals surface area contributed by atoms with Crippen LogP contribution in [0.3, 0.4) is 0 Å². The highest BCUT2D eigenvalue weighted by molar-refractivity contribution is 5.47. The smallest absolute Gasteiger partial charge is 0.139 e. The number of hydrogen-bond donors (Lipinski definition) is 2. The number of aromatic nitrogens is 1. The summed E-state index contributed by atoms with van der Waals surface area (Å²) in [5.41, 5.74) is 4.56. The predicted molar refractivity (Wildman–Crippen MR) is 75.2 cm³/mol. The van der Waals surface area contributed by atoms with Crippen LogP contribution in [0.25, 0.3) is 0 Å². The highest BCUT2D eigenvalue weighted by Crippen LogP contribution is 2.17. The summed E-state index contributed by atoms with van der Waals surface area (Å²) in [5, 5.41) is 0. The Morgan fingerprint density at radius 2 is 1.95 bits per heavy atom. The first kappa shape index (κ1) is 13.3. The zero-order valence-corrected chi connectivity index (χ0v) is 10.8. The molecule has 2 rings (SSSR count). The van der Waals surface area contributed by atoms with Gasteiger partial charge in [-0.3, -0.25) is 0 Å². The molecule has 100 valence electrons. The van der Waals surface area contributed by atoms with Gasteiger partial charge in [-0.1, -0.05) is 6.07 Å². The van der Waals surface area contributed by atoms with E-state index in [1.807, 2.05) is 12.1 Å². The number of nitrogen functional groups attached to an aromatic ring is 1. The van der Waals surface area contributed by atoms with Gasteiger partial charge in [0.15, 0.2) is 0 Å². The molecule has 0 amide bonds. The summed E-state index contributed by atoms with van der Waals surface area (Å²) < 4.78 is 12.9. The molecule has 1 aromatic carbocycles. The number of nitrogens with zero attached hydrogens (tertiary/aromatic N) is 2. The number of nitrogens with one attached hydrogen (secondary N) is 1. The van der Waals surface area contributed by atoms with E-state index in [4.69, 9.17) is 5.84 Å². The van der Waals surface area contributed by atoms with Crippen molar-refractivity contribution in [1.29, 1.82) is 0 Å². The largest absolute Gasteiger partial charge is 0.367 e. The molecular formula is C14H17FN4. The fraction of sp³-hybridized carbons (Fsp3) is 0.214. The maximum atomic E-state index is 12.9. The van der Waals surface area contributed by atoms with Gasteiger partial charge in [0.05, 0.1) is 0 Å². The van der Waals surface area contributed by atoms with Crippen LogP contribution in [0.4, 0.5) is 15.9 Å². The second kappa shape index (κ2) is 6.15. The van der Waals surface area contributed by atoms with Crippen LogP contribution in [-0.4, -0.2) is 11.5 Å². The van der Waals surface area contributed by atoms with Crippen molar-refractivity contribution in [1.82, 2.24) is 4.98 Å². The Balaban J connectivity index is 2.11. The van der Waals surface area contributed by atoms with E-state index in [2.05, 4.69) is 22.2 Å². The molecule has 0 aliphatic carbocycles. The molecule has 0 fully saturated rings. The fourth-order valence-electron chi connectivity index (χ4n) is 1.86. The van der Waals surface area contributed by atoms with Crippen molar-refractivity contribution in [2.75, 3.05) is 16.9 Å². The molecular weight excluding hydrogens is 243 g/mol. The van der Waals surface area contributed by atoms with Crippen LogP contribution in [0.2, 0.25) is 0 Å². The van der Waals surface area contributed by atoms with E-state index in [1.165, 1.54) is 12.1 Å². The molecule has 2 aromatic rings. The number of anilines is 2. The molecule has 1 heterocycles. The quantitative estimate of drug-likeness (QED) is 0.640. The van der Waals surface area contributed by atoms with Gasteiger partial charge in [-0.2, -0.15) is 0 Å². The van der Waals surface area contributed by atoms with Crippen LogP contribution in [0.15, 0.2) is 42.6 Å². The van der Waals surface area contributed by atoms with Gasteiger partial charge >= 0.3 is 0 Å². The number of benzene rings is 1. The zero-order chi connectivity index (χ0) is 13.7. The van der Waals surface area contributed by atoms with E-state index in [9.17, 15) is 4.39 Å². The Hall–Kier alpha value is -2.14. The van der Waals surface area contributed by atoms with E-state index < -0.39 is 0 Å². The lowest BCUT2D eigenvalue weighted by molar-refractivity contribution is 0.627. The first-order chi connectivity index (χ1) is 9.22.